The van der Waals surface area contributed by atoms with E-state index in [2.05, 4.69) is 6.92 Å². The van der Waals surface area contributed by atoms with E-state index in [9.17, 15) is 4.79 Å². The second-order valence-corrected chi connectivity index (χ2v) is 11.8. The average molecular weight is 606 g/mol. The first kappa shape index (κ1) is 41.0. The largest absolute Gasteiger partial charge is 0.444 e. The van der Waals surface area contributed by atoms with E-state index in [4.69, 9.17) is 33.2 Å². The van der Waals surface area contributed by atoms with Gasteiger partial charge in [-0.05, 0) is 27.2 Å². The lowest BCUT2D eigenvalue weighted by atomic mass is 10.0. The molecule has 42 heavy (non-hydrogen) atoms. The summed E-state index contributed by atoms with van der Waals surface area (Å²) < 4.78 is 38.5. The van der Waals surface area contributed by atoms with Crippen LogP contribution in [0.2, 0.25) is 0 Å². The lowest BCUT2D eigenvalue weighted by molar-refractivity contribution is -0.0180. The Morgan fingerprint density at radius 3 is 1.14 bits per heavy atom. The number of rotatable bonds is 32. The second kappa shape index (κ2) is 31.5. The van der Waals surface area contributed by atoms with Crippen molar-refractivity contribution in [3.63, 3.8) is 0 Å². The summed E-state index contributed by atoms with van der Waals surface area (Å²) in [5.41, 5.74) is -0.497. The number of hydrogen-bond acceptors (Lipinski definition) is 8. The SMILES string of the molecule is CCCCCCCCCCCCCCCOCCOCCOCCOCCOCCOCCN(C)C(=O)OC(C)(C)C. The standard InChI is InChI=1S/C33H67NO8/c1-6-7-8-9-10-11-12-13-14-15-16-17-18-20-36-22-24-38-26-28-40-30-31-41-29-27-39-25-23-37-21-19-34(5)32(35)42-33(2,3)4/h6-31H2,1-5H3. The Bertz CT molecular complexity index is 559. The first-order valence-electron chi connectivity index (χ1n) is 16.8. The van der Waals surface area contributed by atoms with Crippen LogP contribution in [0.4, 0.5) is 4.79 Å². The van der Waals surface area contributed by atoms with Gasteiger partial charge in [0, 0.05) is 20.2 Å². The quantitative estimate of drug-likeness (QED) is 0.0755. The topological polar surface area (TPSA) is 84.9 Å². The first-order valence-corrected chi connectivity index (χ1v) is 16.8. The molecule has 0 aliphatic carbocycles. The number of likely N-dealkylation sites (N-methyl/N-ethyl adjacent to an activating group) is 1. The Labute approximate surface area is 258 Å². The van der Waals surface area contributed by atoms with Crippen molar-refractivity contribution in [2.75, 3.05) is 92.9 Å². The van der Waals surface area contributed by atoms with E-state index in [0.717, 1.165) is 13.0 Å². The highest BCUT2D eigenvalue weighted by Crippen LogP contribution is 2.12. The van der Waals surface area contributed by atoms with Gasteiger partial charge in [0.15, 0.2) is 0 Å². The summed E-state index contributed by atoms with van der Waals surface area (Å²) in [6.45, 7) is 15.0. The fraction of sp³-hybridized carbons (Fsp3) is 0.970. The minimum Gasteiger partial charge on any atom is -0.444 e. The molecule has 9 heteroatoms. The van der Waals surface area contributed by atoms with Crippen LogP contribution >= 0.6 is 0 Å². The van der Waals surface area contributed by atoms with Crippen molar-refractivity contribution in [3.05, 3.63) is 0 Å². The Balaban J connectivity index is 3.15. The fourth-order valence-electron chi connectivity index (χ4n) is 4.06. The molecule has 0 saturated carbocycles. The zero-order valence-electron chi connectivity index (χ0n) is 28.1. The summed E-state index contributed by atoms with van der Waals surface area (Å²) in [6, 6.07) is 0. The summed E-state index contributed by atoms with van der Waals surface area (Å²) in [5.74, 6) is 0. The molecule has 0 bridgehead atoms. The van der Waals surface area contributed by atoms with Crippen LogP contribution in [0.5, 0.6) is 0 Å². The van der Waals surface area contributed by atoms with Crippen LogP contribution in [-0.2, 0) is 33.2 Å². The molecule has 0 spiro atoms. The minimum absolute atomic E-state index is 0.351. The van der Waals surface area contributed by atoms with Gasteiger partial charge in [-0.15, -0.1) is 0 Å². The molecule has 0 aromatic heterocycles. The lowest BCUT2D eigenvalue weighted by Gasteiger charge is -2.24. The van der Waals surface area contributed by atoms with E-state index >= 15 is 0 Å². The molecule has 0 fully saturated rings. The molecule has 0 aromatic carbocycles. The molecule has 0 aromatic rings. The van der Waals surface area contributed by atoms with Gasteiger partial charge in [0.2, 0.25) is 0 Å². The van der Waals surface area contributed by atoms with Gasteiger partial charge in [-0.2, -0.15) is 0 Å². The molecule has 0 N–H and O–H groups in total. The molecule has 0 aliphatic heterocycles. The molecule has 0 saturated heterocycles. The van der Waals surface area contributed by atoms with Gasteiger partial charge in [0.05, 0.1) is 72.7 Å². The smallest absolute Gasteiger partial charge is 0.410 e. The van der Waals surface area contributed by atoms with Gasteiger partial charge in [0.25, 0.3) is 0 Å². The van der Waals surface area contributed by atoms with Crippen molar-refractivity contribution < 1.29 is 38.0 Å². The summed E-state index contributed by atoms with van der Waals surface area (Å²) in [6.07, 6.45) is 17.4. The Hall–Kier alpha value is -0.970. The van der Waals surface area contributed by atoms with Gasteiger partial charge < -0.3 is 38.1 Å². The maximum absolute atomic E-state index is 11.8. The number of amides is 1. The van der Waals surface area contributed by atoms with E-state index in [1.165, 1.54) is 81.9 Å². The van der Waals surface area contributed by atoms with Crippen LogP contribution in [-0.4, -0.2) is 109 Å². The molecular weight excluding hydrogens is 538 g/mol. The predicted molar refractivity (Wildman–Crippen MR) is 169 cm³/mol. The van der Waals surface area contributed by atoms with Gasteiger partial charge in [-0.3, -0.25) is 0 Å². The minimum atomic E-state index is -0.497. The van der Waals surface area contributed by atoms with E-state index in [0.29, 0.717) is 79.2 Å². The third-order valence-corrected chi connectivity index (χ3v) is 6.53. The summed E-state index contributed by atoms with van der Waals surface area (Å²) in [7, 11) is 1.69. The van der Waals surface area contributed by atoms with Gasteiger partial charge in [0.1, 0.15) is 5.60 Å². The van der Waals surface area contributed by atoms with Crippen molar-refractivity contribution in [2.45, 2.75) is 117 Å². The zero-order chi connectivity index (χ0) is 31.0. The molecule has 0 unspecified atom stereocenters. The Morgan fingerprint density at radius 1 is 0.476 bits per heavy atom. The third kappa shape index (κ3) is 33.5. The van der Waals surface area contributed by atoms with Gasteiger partial charge in [-0.25, -0.2) is 4.79 Å². The predicted octanol–water partition coefficient (Wildman–Crippen LogP) is 7.04. The highest BCUT2D eigenvalue weighted by atomic mass is 16.6. The number of unbranched alkanes of at least 4 members (excludes halogenated alkanes) is 12. The van der Waals surface area contributed by atoms with Crippen LogP contribution in [0.15, 0.2) is 0 Å². The average Bonchev–Trinajstić information content (AvgIpc) is 2.95. The molecule has 0 aliphatic rings. The van der Waals surface area contributed by atoms with E-state index < -0.39 is 5.60 Å². The molecule has 0 atom stereocenters. The fourth-order valence-corrected chi connectivity index (χ4v) is 4.06. The van der Waals surface area contributed by atoms with Crippen LogP contribution in [0.3, 0.4) is 0 Å². The molecular formula is C33H67NO8. The third-order valence-electron chi connectivity index (χ3n) is 6.53. The number of hydrogen-bond donors (Lipinski definition) is 0. The number of carbonyl (C=O) groups is 1. The maximum Gasteiger partial charge on any atom is 0.410 e. The van der Waals surface area contributed by atoms with Crippen molar-refractivity contribution in [2.24, 2.45) is 0 Å². The van der Waals surface area contributed by atoms with Crippen molar-refractivity contribution in [1.29, 1.82) is 0 Å². The van der Waals surface area contributed by atoms with Crippen molar-refractivity contribution >= 4 is 6.09 Å². The maximum atomic E-state index is 11.8. The summed E-state index contributed by atoms with van der Waals surface area (Å²) in [4.78, 5) is 13.4. The van der Waals surface area contributed by atoms with Crippen LogP contribution < -0.4 is 0 Å². The molecule has 0 rings (SSSR count). The number of ether oxygens (including phenoxy) is 7. The first-order chi connectivity index (χ1) is 20.4. The summed E-state index contributed by atoms with van der Waals surface area (Å²) >= 11 is 0. The van der Waals surface area contributed by atoms with E-state index in [1.54, 1.807) is 7.05 Å². The number of carbonyl (C=O) groups excluding carboxylic acids is 1. The van der Waals surface area contributed by atoms with E-state index in [1.807, 2.05) is 20.8 Å². The van der Waals surface area contributed by atoms with Crippen LogP contribution in [0.1, 0.15) is 111 Å². The monoisotopic (exact) mass is 605 g/mol. The lowest BCUT2D eigenvalue weighted by Crippen LogP contribution is -2.36. The molecule has 252 valence electrons. The Kier molecular flexibility index (Phi) is 30.7. The highest BCUT2D eigenvalue weighted by Gasteiger charge is 2.19. The van der Waals surface area contributed by atoms with Crippen LogP contribution in [0.25, 0.3) is 0 Å². The number of nitrogens with zero attached hydrogens (tertiary/aromatic N) is 1. The van der Waals surface area contributed by atoms with Crippen LogP contribution in [0, 0.1) is 0 Å². The second-order valence-electron chi connectivity index (χ2n) is 11.8. The molecule has 0 radical (unpaired) electrons. The molecule has 9 nitrogen and oxygen atoms in total. The summed E-state index contributed by atoms with van der Waals surface area (Å²) in [5, 5.41) is 0. The van der Waals surface area contributed by atoms with Crippen molar-refractivity contribution in [1.82, 2.24) is 4.90 Å². The normalized spacial score (nSPS) is 11.7. The zero-order valence-corrected chi connectivity index (χ0v) is 28.1. The van der Waals surface area contributed by atoms with Gasteiger partial charge >= 0.3 is 6.09 Å². The molecule has 1 amide bonds. The van der Waals surface area contributed by atoms with E-state index in [-0.39, 0.29) is 6.09 Å². The highest BCUT2D eigenvalue weighted by molar-refractivity contribution is 5.67. The van der Waals surface area contributed by atoms with Gasteiger partial charge in [-0.1, -0.05) is 84.0 Å². The Morgan fingerprint density at radius 2 is 0.786 bits per heavy atom. The molecule has 0 heterocycles. The van der Waals surface area contributed by atoms with Crippen molar-refractivity contribution in [3.8, 4) is 0 Å².